The van der Waals surface area contributed by atoms with Gasteiger partial charge in [-0.25, -0.2) is 4.98 Å². The molecule has 7 nitrogen and oxygen atoms in total. The number of carbonyl (C=O) groups is 2. The molecule has 4 N–H and O–H groups in total. The number of carbonyl (C=O) groups excluding carboxylic acids is 2. The van der Waals surface area contributed by atoms with Crippen molar-refractivity contribution < 1.29 is 9.59 Å². The van der Waals surface area contributed by atoms with Gasteiger partial charge in [0.05, 0.1) is 22.6 Å². The van der Waals surface area contributed by atoms with Gasteiger partial charge in [0.2, 0.25) is 0 Å². The van der Waals surface area contributed by atoms with E-state index < -0.39 is 0 Å². The first-order valence-electron chi connectivity index (χ1n) is 9.65. The van der Waals surface area contributed by atoms with Gasteiger partial charge in [0.1, 0.15) is 5.82 Å². The SMILES string of the molecule is Nc1ccc(NC(=O)c2ccc(C(=O)Nc3ccc(Cl)c(-c4ccccn4)c3)cc2)cn1. The maximum Gasteiger partial charge on any atom is 0.255 e. The zero-order valence-corrected chi connectivity index (χ0v) is 17.5. The minimum Gasteiger partial charge on any atom is -0.384 e. The zero-order valence-electron chi connectivity index (χ0n) is 16.7. The molecule has 8 heteroatoms. The number of benzene rings is 2. The fourth-order valence-corrected chi connectivity index (χ4v) is 3.19. The third-order valence-electron chi connectivity index (χ3n) is 4.62. The monoisotopic (exact) mass is 443 g/mol. The molecule has 2 aromatic heterocycles. The van der Waals surface area contributed by atoms with Gasteiger partial charge in [0.15, 0.2) is 0 Å². The van der Waals surface area contributed by atoms with Crippen molar-refractivity contribution in [3.63, 3.8) is 0 Å². The summed E-state index contributed by atoms with van der Waals surface area (Å²) in [6.07, 6.45) is 3.15. The van der Waals surface area contributed by atoms with Gasteiger partial charge in [-0.1, -0.05) is 17.7 Å². The Labute approximate surface area is 189 Å². The molecule has 4 rings (SSSR count). The Balaban J connectivity index is 1.45. The molecule has 158 valence electrons. The number of hydrogen-bond acceptors (Lipinski definition) is 5. The Bertz CT molecular complexity index is 1260. The minimum atomic E-state index is -0.318. The number of anilines is 3. The van der Waals surface area contributed by atoms with Crippen molar-refractivity contribution in [1.82, 2.24) is 9.97 Å². The number of nitrogens with two attached hydrogens (primary N) is 1. The van der Waals surface area contributed by atoms with Gasteiger partial charge >= 0.3 is 0 Å². The molecule has 0 bridgehead atoms. The number of halogens is 1. The molecule has 0 radical (unpaired) electrons. The van der Waals surface area contributed by atoms with E-state index in [-0.39, 0.29) is 11.8 Å². The average Bonchev–Trinajstić information content (AvgIpc) is 2.82. The fourth-order valence-electron chi connectivity index (χ4n) is 2.98. The quantitative estimate of drug-likeness (QED) is 0.407. The molecule has 0 aliphatic rings. The van der Waals surface area contributed by atoms with Crippen molar-refractivity contribution in [3.8, 4) is 11.3 Å². The van der Waals surface area contributed by atoms with E-state index >= 15 is 0 Å². The van der Waals surface area contributed by atoms with E-state index in [0.29, 0.717) is 44.6 Å². The molecule has 2 aromatic carbocycles. The Morgan fingerprint density at radius 2 is 1.44 bits per heavy atom. The lowest BCUT2D eigenvalue weighted by molar-refractivity contribution is 0.101. The highest BCUT2D eigenvalue weighted by Gasteiger charge is 2.12. The predicted molar refractivity (Wildman–Crippen MR) is 126 cm³/mol. The molecule has 0 saturated heterocycles. The average molecular weight is 444 g/mol. The van der Waals surface area contributed by atoms with E-state index in [2.05, 4.69) is 20.6 Å². The van der Waals surface area contributed by atoms with Crippen LogP contribution in [0.3, 0.4) is 0 Å². The van der Waals surface area contributed by atoms with E-state index in [1.807, 2.05) is 18.2 Å². The van der Waals surface area contributed by atoms with Crippen LogP contribution in [0, 0.1) is 0 Å². The van der Waals surface area contributed by atoms with Crippen LogP contribution in [0.25, 0.3) is 11.3 Å². The van der Waals surface area contributed by atoms with Crippen LogP contribution in [-0.2, 0) is 0 Å². The summed E-state index contributed by atoms with van der Waals surface area (Å²) in [6, 6.07) is 20.3. The van der Waals surface area contributed by atoms with E-state index in [1.54, 1.807) is 60.8 Å². The van der Waals surface area contributed by atoms with Gasteiger partial charge in [0, 0.05) is 28.6 Å². The molecule has 0 fully saturated rings. The lowest BCUT2D eigenvalue weighted by atomic mass is 10.1. The van der Waals surface area contributed by atoms with Crippen molar-refractivity contribution in [1.29, 1.82) is 0 Å². The first-order valence-corrected chi connectivity index (χ1v) is 10.0. The van der Waals surface area contributed by atoms with E-state index in [9.17, 15) is 9.59 Å². The molecule has 0 aliphatic carbocycles. The summed E-state index contributed by atoms with van der Waals surface area (Å²) in [6.45, 7) is 0. The smallest absolute Gasteiger partial charge is 0.255 e. The van der Waals surface area contributed by atoms with Crippen LogP contribution in [0.15, 0.2) is 85.2 Å². The summed E-state index contributed by atoms with van der Waals surface area (Å²) in [4.78, 5) is 33.3. The van der Waals surface area contributed by atoms with Gasteiger partial charge in [-0.2, -0.15) is 0 Å². The Morgan fingerprint density at radius 1 is 0.781 bits per heavy atom. The number of pyridine rings is 2. The Hall–Kier alpha value is -4.23. The van der Waals surface area contributed by atoms with Crippen molar-refractivity contribution in [3.05, 3.63) is 101 Å². The third-order valence-corrected chi connectivity index (χ3v) is 4.95. The molecular weight excluding hydrogens is 426 g/mol. The van der Waals surface area contributed by atoms with Gasteiger partial charge < -0.3 is 16.4 Å². The maximum absolute atomic E-state index is 12.7. The number of nitrogen functional groups attached to an aromatic ring is 1. The molecule has 0 atom stereocenters. The Morgan fingerprint density at radius 3 is 2.03 bits per heavy atom. The highest BCUT2D eigenvalue weighted by atomic mass is 35.5. The fraction of sp³-hybridized carbons (Fsp3) is 0. The highest BCUT2D eigenvalue weighted by Crippen LogP contribution is 2.29. The van der Waals surface area contributed by atoms with Crippen molar-refractivity contribution in [2.24, 2.45) is 0 Å². The number of aromatic nitrogens is 2. The van der Waals surface area contributed by atoms with Crippen LogP contribution < -0.4 is 16.4 Å². The maximum atomic E-state index is 12.7. The van der Waals surface area contributed by atoms with Crippen LogP contribution in [0.2, 0.25) is 5.02 Å². The largest absolute Gasteiger partial charge is 0.384 e. The first-order chi connectivity index (χ1) is 15.5. The second kappa shape index (κ2) is 9.28. The summed E-state index contributed by atoms with van der Waals surface area (Å²) in [5.41, 5.74) is 8.89. The standard InChI is InChI=1S/C24H18ClN5O2/c25-20-10-8-17(13-19(20)21-3-1-2-12-27-21)29-23(31)15-4-6-16(7-5-15)24(32)30-18-9-11-22(26)28-14-18/h1-14H,(H2,26,28)(H,29,31)(H,30,32). The predicted octanol–water partition coefficient (Wildman–Crippen LogP) is 4.88. The molecule has 32 heavy (non-hydrogen) atoms. The molecule has 2 amide bonds. The van der Waals surface area contributed by atoms with E-state index in [1.165, 1.54) is 6.20 Å². The number of nitrogens with one attached hydrogen (secondary N) is 2. The number of hydrogen-bond donors (Lipinski definition) is 3. The second-order valence-corrected chi connectivity index (χ2v) is 7.27. The van der Waals surface area contributed by atoms with Gasteiger partial charge in [-0.3, -0.25) is 14.6 Å². The van der Waals surface area contributed by atoms with Crippen molar-refractivity contribution in [2.75, 3.05) is 16.4 Å². The summed E-state index contributed by atoms with van der Waals surface area (Å²) < 4.78 is 0. The summed E-state index contributed by atoms with van der Waals surface area (Å²) in [5.74, 6) is -0.263. The number of rotatable bonds is 5. The molecule has 0 spiro atoms. The van der Waals surface area contributed by atoms with E-state index in [0.717, 1.165) is 0 Å². The molecular formula is C24H18ClN5O2. The molecule has 2 heterocycles. The van der Waals surface area contributed by atoms with Crippen LogP contribution in [0.1, 0.15) is 20.7 Å². The minimum absolute atomic E-state index is 0.311. The van der Waals surface area contributed by atoms with Gasteiger partial charge in [-0.05, 0) is 66.7 Å². The summed E-state index contributed by atoms with van der Waals surface area (Å²) in [7, 11) is 0. The lowest BCUT2D eigenvalue weighted by Gasteiger charge is -2.10. The molecule has 4 aromatic rings. The van der Waals surface area contributed by atoms with Crippen LogP contribution >= 0.6 is 11.6 Å². The summed E-state index contributed by atoms with van der Waals surface area (Å²) >= 11 is 6.30. The first kappa shape index (κ1) is 21.0. The van der Waals surface area contributed by atoms with Gasteiger partial charge in [-0.15, -0.1) is 0 Å². The normalized spacial score (nSPS) is 10.4. The van der Waals surface area contributed by atoms with Crippen LogP contribution in [-0.4, -0.2) is 21.8 Å². The highest BCUT2D eigenvalue weighted by molar-refractivity contribution is 6.33. The van der Waals surface area contributed by atoms with Crippen molar-refractivity contribution >= 4 is 40.6 Å². The molecule has 0 unspecified atom stereocenters. The molecule has 0 aliphatic heterocycles. The number of nitrogens with zero attached hydrogens (tertiary/aromatic N) is 2. The van der Waals surface area contributed by atoms with E-state index in [4.69, 9.17) is 17.3 Å². The number of amides is 2. The lowest BCUT2D eigenvalue weighted by Crippen LogP contribution is -2.14. The summed E-state index contributed by atoms with van der Waals surface area (Å²) in [5, 5.41) is 6.10. The molecule has 0 saturated carbocycles. The third kappa shape index (κ3) is 4.91. The van der Waals surface area contributed by atoms with Crippen molar-refractivity contribution in [2.45, 2.75) is 0 Å². The van der Waals surface area contributed by atoms with Crippen LogP contribution in [0.5, 0.6) is 0 Å². The van der Waals surface area contributed by atoms with Gasteiger partial charge in [0.25, 0.3) is 11.8 Å². The van der Waals surface area contributed by atoms with Crippen LogP contribution in [0.4, 0.5) is 17.2 Å². The second-order valence-electron chi connectivity index (χ2n) is 6.87. The zero-order chi connectivity index (χ0) is 22.5. The topological polar surface area (TPSA) is 110 Å². The Kier molecular flexibility index (Phi) is 6.10.